The lowest BCUT2D eigenvalue weighted by atomic mass is 10.1. The number of carbonyl (C=O) groups excluding carboxylic acids is 1. The van der Waals surface area contributed by atoms with Crippen molar-refractivity contribution in [2.24, 2.45) is 11.7 Å². The van der Waals surface area contributed by atoms with Crippen LogP contribution in [-0.4, -0.2) is 43.2 Å². The first-order chi connectivity index (χ1) is 7.17. The number of esters is 1. The van der Waals surface area contributed by atoms with Crippen molar-refractivity contribution in [3.05, 3.63) is 0 Å². The van der Waals surface area contributed by atoms with Gasteiger partial charge in [-0.15, -0.1) is 0 Å². The van der Waals surface area contributed by atoms with E-state index in [2.05, 4.69) is 11.8 Å². The third-order valence-electron chi connectivity index (χ3n) is 3.04. The van der Waals surface area contributed by atoms with Crippen molar-refractivity contribution >= 4 is 5.97 Å². The molecule has 1 heterocycles. The van der Waals surface area contributed by atoms with Gasteiger partial charge in [0.2, 0.25) is 0 Å². The molecule has 0 aromatic heterocycles. The lowest BCUT2D eigenvalue weighted by Crippen LogP contribution is -2.34. The molecular weight excluding hydrogens is 192 g/mol. The average Bonchev–Trinajstić information content (AvgIpc) is 2.66. The van der Waals surface area contributed by atoms with Crippen molar-refractivity contribution in [1.82, 2.24) is 4.90 Å². The quantitative estimate of drug-likeness (QED) is 0.681. The van der Waals surface area contributed by atoms with E-state index in [-0.39, 0.29) is 12.0 Å². The van der Waals surface area contributed by atoms with Gasteiger partial charge in [-0.1, -0.05) is 0 Å². The van der Waals surface area contributed by atoms with E-state index in [1.807, 2.05) is 6.92 Å². The highest BCUT2D eigenvalue weighted by molar-refractivity contribution is 5.70. The molecule has 1 fully saturated rings. The highest BCUT2D eigenvalue weighted by Crippen LogP contribution is 2.18. The lowest BCUT2D eigenvalue weighted by molar-refractivity contribution is -0.144. The highest BCUT2D eigenvalue weighted by atomic mass is 16.5. The Morgan fingerprint density at radius 2 is 2.40 bits per heavy atom. The van der Waals surface area contributed by atoms with Gasteiger partial charge in [-0.05, 0) is 39.3 Å². The highest BCUT2D eigenvalue weighted by Gasteiger charge is 2.26. The first-order valence-corrected chi connectivity index (χ1v) is 5.77. The van der Waals surface area contributed by atoms with Gasteiger partial charge in [0.25, 0.3) is 0 Å². The molecule has 2 unspecified atom stereocenters. The van der Waals surface area contributed by atoms with Crippen LogP contribution in [0.15, 0.2) is 0 Å². The second-order valence-corrected chi connectivity index (χ2v) is 4.24. The molecule has 4 heteroatoms. The average molecular weight is 214 g/mol. The predicted molar refractivity (Wildman–Crippen MR) is 59.4 cm³/mol. The molecule has 2 atom stereocenters. The number of likely N-dealkylation sites (tertiary alicyclic amines) is 1. The summed E-state index contributed by atoms with van der Waals surface area (Å²) in [5.41, 5.74) is 5.63. The number of ether oxygens (including phenoxy) is 1. The monoisotopic (exact) mass is 214 g/mol. The fourth-order valence-electron chi connectivity index (χ4n) is 2.05. The first kappa shape index (κ1) is 12.5. The minimum atomic E-state index is -0.0961. The summed E-state index contributed by atoms with van der Waals surface area (Å²) < 4.78 is 4.93. The molecule has 0 aromatic rings. The molecule has 0 bridgehead atoms. The van der Waals surface area contributed by atoms with Crippen LogP contribution >= 0.6 is 0 Å². The first-order valence-electron chi connectivity index (χ1n) is 5.77. The largest absolute Gasteiger partial charge is 0.466 e. The molecule has 88 valence electrons. The summed E-state index contributed by atoms with van der Waals surface area (Å²) >= 11 is 0. The van der Waals surface area contributed by atoms with E-state index in [9.17, 15) is 4.79 Å². The molecule has 2 N–H and O–H groups in total. The van der Waals surface area contributed by atoms with Gasteiger partial charge < -0.3 is 10.5 Å². The summed E-state index contributed by atoms with van der Waals surface area (Å²) in [5, 5.41) is 0. The molecule has 0 spiro atoms. The van der Waals surface area contributed by atoms with E-state index >= 15 is 0 Å². The smallest absolute Gasteiger partial charge is 0.307 e. The van der Waals surface area contributed by atoms with E-state index in [0.29, 0.717) is 18.9 Å². The van der Waals surface area contributed by atoms with E-state index < -0.39 is 0 Å². The van der Waals surface area contributed by atoms with Crippen molar-refractivity contribution < 1.29 is 9.53 Å². The Bertz CT molecular complexity index is 209. The summed E-state index contributed by atoms with van der Waals surface area (Å²) in [5.74, 6) is 0.510. The fourth-order valence-corrected chi connectivity index (χ4v) is 2.05. The zero-order chi connectivity index (χ0) is 11.3. The molecule has 1 saturated heterocycles. The van der Waals surface area contributed by atoms with Gasteiger partial charge in [-0.3, -0.25) is 9.69 Å². The third-order valence-corrected chi connectivity index (χ3v) is 3.04. The molecule has 4 nitrogen and oxygen atoms in total. The van der Waals surface area contributed by atoms with Crippen molar-refractivity contribution in [1.29, 1.82) is 0 Å². The topological polar surface area (TPSA) is 55.6 Å². The molecular formula is C11H22N2O2. The Morgan fingerprint density at radius 1 is 1.67 bits per heavy atom. The Balaban J connectivity index is 2.28. The number of nitrogens with zero attached hydrogens (tertiary/aromatic N) is 1. The number of nitrogens with two attached hydrogens (primary N) is 1. The molecule has 1 aliphatic rings. The summed E-state index contributed by atoms with van der Waals surface area (Å²) in [6.45, 7) is 7.22. The van der Waals surface area contributed by atoms with Gasteiger partial charge in [0.05, 0.1) is 13.0 Å². The van der Waals surface area contributed by atoms with Crippen molar-refractivity contribution in [3.63, 3.8) is 0 Å². The fraction of sp³-hybridized carbons (Fsp3) is 0.909. The van der Waals surface area contributed by atoms with Crippen LogP contribution in [0.2, 0.25) is 0 Å². The van der Waals surface area contributed by atoms with Crippen LogP contribution in [0.4, 0.5) is 0 Å². The third kappa shape index (κ3) is 3.80. The van der Waals surface area contributed by atoms with Gasteiger partial charge in [0.1, 0.15) is 0 Å². The Kier molecular flexibility index (Phi) is 5.05. The maximum absolute atomic E-state index is 11.3. The SMILES string of the molecule is CCOC(=O)CC(C)N1CCC(CN)C1. The molecule has 1 rings (SSSR count). The number of hydrogen-bond acceptors (Lipinski definition) is 4. The van der Waals surface area contributed by atoms with Crippen LogP contribution in [0.3, 0.4) is 0 Å². The summed E-state index contributed by atoms with van der Waals surface area (Å²) in [6.07, 6.45) is 1.65. The molecule has 15 heavy (non-hydrogen) atoms. The standard InChI is InChI=1S/C11H22N2O2/c1-3-15-11(14)6-9(2)13-5-4-10(7-12)8-13/h9-10H,3-8,12H2,1-2H3. The van der Waals surface area contributed by atoms with Gasteiger partial charge >= 0.3 is 5.97 Å². The van der Waals surface area contributed by atoms with Crippen molar-refractivity contribution in [2.75, 3.05) is 26.2 Å². The second kappa shape index (κ2) is 6.08. The Labute approximate surface area is 91.8 Å². The lowest BCUT2D eigenvalue weighted by Gasteiger charge is -2.23. The molecule has 0 saturated carbocycles. The van der Waals surface area contributed by atoms with Crippen LogP contribution in [-0.2, 0) is 9.53 Å². The van der Waals surface area contributed by atoms with E-state index in [4.69, 9.17) is 10.5 Å². The number of hydrogen-bond donors (Lipinski definition) is 1. The number of rotatable bonds is 5. The van der Waals surface area contributed by atoms with Gasteiger partial charge in [-0.2, -0.15) is 0 Å². The Hall–Kier alpha value is -0.610. The maximum Gasteiger partial charge on any atom is 0.307 e. The van der Waals surface area contributed by atoms with Crippen LogP contribution < -0.4 is 5.73 Å². The second-order valence-electron chi connectivity index (χ2n) is 4.24. The molecule has 1 aliphatic heterocycles. The van der Waals surface area contributed by atoms with Crippen molar-refractivity contribution in [3.8, 4) is 0 Å². The van der Waals surface area contributed by atoms with Gasteiger partial charge in [0, 0.05) is 12.6 Å². The Morgan fingerprint density at radius 3 is 2.93 bits per heavy atom. The minimum absolute atomic E-state index is 0.0961. The van der Waals surface area contributed by atoms with E-state index in [1.165, 1.54) is 0 Å². The molecule has 0 aromatic carbocycles. The zero-order valence-corrected chi connectivity index (χ0v) is 9.74. The van der Waals surface area contributed by atoms with Crippen LogP contribution in [0.25, 0.3) is 0 Å². The van der Waals surface area contributed by atoms with E-state index in [1.54, 1.807) is 0 Å². The van der Waals surface area contributed by atoms with Crippen molar-refractivity contribution in [2.45, 2.75) is 32.7 Å². The van der Waals surface area contributed by atoms with E-state index in [0.717, 1.165) is 26.1 Å². The number of carbonyl (C=O) groups is 1. The van der Waals surface area contributed by atoms with Crippen LogP contribution in [0, 0.1) is 5.92 Å². The maximum atomic E-state index is 11.3. The normalized spacial score (nSPS) is 24.1. The summed E-state index contributed by atoms with van der Waals surface area (Å²) in [4.78, 5) is 13.6. The van der Waals surface area contributed by atoms with Gasteiger partial charge in [-0.25, -0.2) is 0 Å². The summed E-state index contributed by atoms with van der Waals surface area (Å²) in [6, 6.07) is 0.278. The molecule has 0 radical (unpaired) electrons. The predicted octanol–water partition coefficient (Wildman–Crippen LogP) is 0.609. The molecule has 0 amide bonds. The summed E-state index contributed by atoms with van der Waals surface area (Å²) in [7, 11) is 0. The van der Waals surface area contributed by atoms with Crippen LogP contribution in [0.1, 0.15) is 26.7 Å². The molecule has 0 aliphatic carbocycles. The van der Waals surface area contributed by atoms with Crippen LogP contribution in [0.5, 0.6) is 0 Å². The van der Waals surface area contributed by atoms with Gasteiger partial charge in [0.15, 0.2) is 0 Å². The zero-order valence-electron chi connectivity index (χ0n) is 9.74. The minimum Gasteiger partial charge on any atom is -0.466 e.